The van der Waals surface area contributed by atoms with Gasteiger partial charge in [0.2, 0.25) is 0 Å². The molecule has 0 aliphatic carbocycles. The molecule has 1 unspecified atom stereocenters. The zero-order chi connectivity index (χ0) is 4.99. The Morgan fingerprint density at radius 2 is 2.50 bits per heavy atom. The molecule has 0 aliphatic heterocycles. The average Bonchev–Trinajstić information content (AvgIpc) is 1.35. The molecule has 0 aromatic heterocycles. The molecule has 0 aromatic rings. The van der Waals surface area contributed by atoms with Gasteiger partial charge < -0.3 is 0 Å². The van der Waals surface area contributed by atoms with Crippen molar-refractivity contribution in [3.05, 3.63) is 12.7 Å². The Morgan fingerprint density at radius 1 is 2.00 bits per heavy atom. The van der Waals surface area contributed by atoms with E-state index in [1.165, 1.54) is 0 Å². The summed E-state index contributed by atoms with van der Waals surface area (Å²) in [5.41, 5.74) is 0. The SMILES string of the molecule is C=CC[SH](=O)=S. The Balaban J connectivity index is 3.32. The van der Waals surface area contributed by atoms with Crippen molar-refractivity contribution in [2.45, 2.75) is 0 Å². The molecule has 0 fully saturated rings. The molecule has 0 saturated carbocycles. The topological polar surface area (TPSA) is 17.1 Å². The predicted octanol–water partition coefficient (Wildman–Crippen LogP) is 0.115. The van der Waals surface area contributed by atoms with E-state index in [4.69, 9.17) is 0 Å². The molecule has 0 N–H and O–H groups in total. The highest BCUT2D eigenvalue weighted by molar-refractivity contribution is 8.21. The van der Waals surface area contributed by atoms with Crippen molar-refractivity contribution < 1.29 is 4.21 Å². The molecule has 0 radical (unpaired) electrons. The Labute approximate surface area is 43.8 Å². The van der Waals surface area contributed by atoms with Gasteiger partial charge in [-0.05, 0) is 11.2 Å². The highest BCUT2D eigenvalue weighted by Crippen LogP contribution is 1.63. The first-order valence-electron chi connectivity index (χ1n) is 1.50. The molecule has 6 heavy (non-hydrogen) atoms. The molecule has 0 bridgehead atoms. The molecular formula is C3H6OS2. The summed E-state index contributed by atoms with van der Waals surface area (Å²) in [4.78, 5) is 0. The van der Waals surface area contributed by atoms with E-state index >= 15 is 0 Å². The molecule has 1 nitrogen and oxygen atoms in total. The molecule has 0 aromatic carbocycles. The van der Waals surface area contributed by atoms with E-state index in [2.05, 4.69) is 17.8 Å². The van der Waals surface area contributed by atoms with Crippen molar-refractivity contribution in [2.75, 3.05) is 5.75 Å². The van der Waals surface area contributed by atoms with Gasteiger partial charge in [-0.1, -0.05) is 6.08 Å². The van der Waals surface area contributed by atoms with E-state index in [-0.39, 0.29) is 0 Å². The zero-order valence-corrected chi connectivity index (χ0v) is 4.97. The predicted molar refractivity (Wildman–Crippen MR) is 32.0 cm³/mol. The van der Waals surface area contributed by atoms with E-state index in [0.717, 1.165) is 0 Å². The lowest BCUT2D eigenvalue weighted by Crippen LogP contribution is -1.74. The molecule has 0 spiro atoms. The van der Waals surface area contributed by atoms with Gasteiger partial charge >= 0.3 is 0 Å². The van der Waals surface area contributed by atoms with Crippen molar-refractivity contribution >= 4 is 20.5 Å². The molecule has 0 heterocycles. The minimum atomic E-state index is -1.39. The van der Waals surface area contributed by atoms with Gasteiger partial charge in [-0.25, -0.2) is 0 Å². The molecule has 0 aliphatic rings. The smallest absolute Gasteiger partial charge is 0.0410 e. The first-order valence-corrected chi connectivity index (χ1v) is 3.96. The minimum absolute atomic E-state index is 0.463. The van der Waals surface area contributed by atoms with Crippen LogP contribution in [0.15, 0.2) is 12.7 Å². The second-order valence-electron chi connectivity index (χ2n) is 0.804. The number of hydrogen-bond acceptors (Lipinski definition) is 2. The molecule has 0 saturated heterocycles. The van der Waals surface area contributed by atoms with Gasteiger partial charge in [-0.15, -0.1) is 6.58 Å². The summed E-state index contributed by atoms with van der Waals surface area (Å²) in [6.07, 6.45) is 1.56. The van der Waals surface area contributed by atoms with Crippen molar-refractivity contribution in [1.82, 2.24) is 0 Å². The fourth-order valence-corrected chi connectivity index (χ4v) is 0.632. The third kappa shape index (κ3) is 4.11. The van der Waals surface area contributed by atoms with Crippen LogP contribution in [-0.2, 0) is 20.5 Å². The van der Waals surface area contributed by atoms with Crippen LogP contribution >= 0.6 is 0 Å². The van der Waals surface area contributed by atoms with Gasteiger partial charge in [0.1, 0.15) is 0 Å². The summed E-state index contributed by atoms with van der Waals surface area (Å²) in [6, 6.07) is 0. The lowest BCUT2D eigenvalue weighted by Gasteiger charge is -1.68. The average molecular weight is 122 g/mol. The van der Waals surface area contributed by atoms with E-state index < -0.39 is 9.36 Å². The molecule has 0 amide bonds. The number of hydrogen-bond donors (Lipinski definition) is 1. The van der Waals surface area contributed by atoms with Crippen LogP contribution in [0.4, 0.5) is 0 Å². The van der Waals surface area contributed by atoms with Gasteiger partial charge in [0, 0.05) is 15.1 Å². The molecule has 36 valence electrons. The number of rotatable bonds is 2. The van der Waals surface area contributed by atoms with Gasteiger partial charge in [-0.2, -0.15) is 0 Å². The van der Waals surface area contributed by atoms with Crippen LogP contribution in [0.2, 0.25) is 0 Å². The normalized spacial score (nSPS) is 13.3. The molecule has 3 heteroatoms. The molecule has 0 rings (SSSR count). The fourth-order valence-electron chi connectivity index (χ4n) is 0.105. The van der Waals surface area contributed by atoms with Crippen molar-refractivity contribution in [2.24, 2.45) is 0 Å². The first-order chi connectivity index (χ1) is 2.77. The van der Waals surface area contributed by atoms with Crippen molar-refractivity contribution in [3.8, 4) is 0 Å². The Morgan fingerprint density at radius 3 is 2.50 bits per heavy atom. The standard InChI is InChI=1S/C3H6OS2/c1-2-3-6(4)5/h2,6H,1,3H2. The molecule has 1 atom stereocenters. The van der Waals surface area contributed by atoms with Gasteiger partial charge in [0.25, 0.3) is 0 Å². The maximum atomic E-state index is 9.94. The fraction of sp³-hybridized carbons (Fsp3) is 0.333. The quantitative estimate of drug-likeness (QED) is 0.414. The Bertz CT molecular complexity index is 95.4. The van der Waals surface area contributed by atoms with Crippen LogP contribution in [-0.4, -0.2) is 9.96 Å². The van der Waals surface area contributed by atoms with E-state index in [9.17, 15) is 4.21 Å². The summed E-state index contributed by atoms with van der Waals surface area (Å²) in [6.45, 7) is 3.35. The lowest BCUT2D eigenvalue weighted by molar-refractivity contribution is 0.694. The van der Waals surface area contributed by atoms with E-state index in [0.29, 0.717) is 5.75 Å². The van der Waals surface area contributed by atoms with Crippen molar-refractivity contribution in [1.29, 1.82) is 0 Å². The summed E-state index contributed by atoms with van der Waals surface area (Å²) < 4.78 is 9.94. The first kappa shape index (κ1) is 6.11. The highest BCUT2D eigenvalue weighted by Gasteiger charge is 1.66. The van der Waals surface area contributed by atoms with Gasteiger partial charge in [-0.3, -0.25) is 4.21 Å². The monoisotopic (exact) mass is 122 g/mol. The summed E-state index contributed by atoms with van der Waals surface area (Å²) in [7, 11) is -1.39. The van der Waals surface area contributed by atoms with Gasteiger partial charge in [0.05, 0.1) is 0 Å². The maximum Gasteiger partial charge on any atom is 0.0410 e. The third-order valence-electron chi connectivity index (χ3n) is 0.278. The summed E-state index contributed by atoms with van der Waals surface area (Å²) >= 11 is 4.32. The van der Waals surface area contributed by atoms with E-state index in [1.54, 1.807) is 6.08 Å². The Hall–Kier alpha value is 0.110. The van der Waals surface area contributed by atoms with Crippen LogP contribution in [0.5, 0.6) is 0 Å². The second kappa shape index (κ2) is 3.31. The highest BCUT2D eigenvalue weighted by atomic mass is 32.8. The zero-order valence-electron chi connectivity index (χ0n) is 3.26. The second-order valence-corrected chi connectivity index (χ2v) is 3.06. The van der Waals surface area contributed by atoms with Crippen LogP contribution in [0.25, 0.3) is 0 Å². The maximum absolute atomic E-state index is 9.94. The third-order valence-corrected chi connectivity index (χ3v) is 1.28. The number of thiol groups is 1. The Kier molecular flexibility index (Phi) is 3.37. The van der Waals surface area contributed by atoms with Crippen molar-refractivity contribution in [3.63, 3.8) is 0 Å². The summed E-state index contributed by atoms with van der Waals surface area (Å²) in [5, 5.41) is 0. The minimum Gasteiger partial charge on any atom is -0.260 e. The van der Waals surface area contributed by atoms with E-state index in [1.807, 2.05) is 0 Å². The van der Waals surface area contributed by atoms with Crippen LogP contribution in [0.3, 0.4) is 0 Å². The summed E-state index contributed by atoms with van der Waals surface area (Å²) in [5.74, 6) is 0.463. The lowest BCUT2D eigenvalue weighted by atomic mass is 10.8. The largest absolute Gasteiger partial charge is 0.260 e. The molecular weight excluding hydrogens is 116 g/mol. The van der Waals surface area contributed by atoms with Crippen LogP contribution in [0, 0.1) is 0 Å². The van der Waals surface area contributed by atoms with Crippen LogP contribution < -0.4 is 0 Å². The van der Waals surface area contributed by atoms with Crippen LogP contribution in [0.1, 0.15) is 0 Å². The van der Waals surface area contributed by atoms with Gasteiger partial charge in [0.15, 0.2) is 0 Å².